The van der Waals surface area contributed by atoms with Gasteiger partial charge in [-0.25, -0.2) is 14.2 Å². The predicted molar refractivity (Wildman–Crippen MR) is 154 cm³/mol. The van der Waals surface area contributed by atoms with Crippen molar-refractivity contribution in [1.82, 2.24) is 14.8 Å². The number of aromatic nitrogens is 1. The largest absolute Gasteiger partial charge is 0.481 e. The Morgan fingerprint density at radius 2 is 1.80 bits per heavy atom. The maximum Gasteiger partial charge on any atom is 0.336 e. The number of fused-ring (bicyclic) bond motifs is 2. The fourth-order valence-corrected chi connectivity index (χ4v) is 6.12. The number of likely N-dealkylation sites (tertiary alicyclic amines) is 1. The van der Waals surface area contributed by atoms with Gasteiger partial charge in [-0.15, -0.1) is 11.3 Å². The summed E-state index contributed by atoms with van der Waals surface area (Å²) in [5.41, 5.74) is 1.62. The van der Waals surface area contributed by atoms with Crippen molar-refractivity contribution < 1.29 is 53.8 Å². The summed E-state index contributed by atoms with van der Waals surface area (Å²) in [6, 6.07) is 4.94. The lowest BCUT2D eigenvalue weighted by Gasteiger charge is -2.40. The van der Waals surface area contributed by atoms with Gasteiger partial charge in [-0.05, 0) is 43.0 Å². The van der Waals surface area contributed by atoms with E-state index in [4.69, 9.17) is 25.2 Å². The highest BCUT2D eigenvalue weighted by molar-refractivity contribution is 7.07. The van der Waals surface area contributed by atoms with Gasteiger partial charge in [-0.3, -0.25) is 14.4 Å². The Labute approximate surface area is 257 Å². The Bertz CT molecular complexity index is 1300. The first kappa shape index (κ1) is 35.0. The van der Waals surface area contributed by atoms with Gasteiger partial charge in [0.1, 0.15) is 5.82 Å². The highest BCUT2D eigenvalue weighted by Crippen LogP contribution is 2.44. The van der Waals surface area contributed by atoms with Crippen LogP contribution in [0.15, 0.2) is 29.1 Å². The number of aliphatic hydroxyl groups excluding tert-OH is 1. The molecule has 242 valence electrons. The zero-order valence-corrected chi connectivity index (χ0v) is 25.3. The number of aliphatic hydroxyl groups is 2. The van der Waals surface area contributed by atoms with Crippen LogP contribution in [0.5, 0.6) is 0 Å². The molecule has 1 aromatic carbocycles. The molecule has 13 nitrogen and oxygen atoms in total. The fourth-order valence-electron chi connectivity index (χ4n) is 5.55. The summed E-state index contributed by atoms with van der Waals surface area (Å²) >= 11 is 1.53. The lowest BCUT2D eigenvalue weighted by molar-refractivity contribution is -0.170. The standard InChI is InChI=1S/C23H30FN3O3S.C6H8O7/c1-16(28)11-26(2)22(29)18(9-20-14-31-15-25-20)12-27-7-5-23(6-8-27)21-10-19(24)4-3-17(21)13-30-23;7-3(8)1-6(13,5(11)12)2-4(9)10/h3-4,10,14-16,18,28H,5-9,11-13H2,1-2H3;13H,1-2H2,(H,7,8)(H,9,10)(H,11,12)/t16-,18?;/m0./s1. The second-order valence-electron chi connectivity index (χ2n) is 11.3. The molecule has 2 aliphatic rings. The number of likely N-dealkylation sites (N-methyl/N-ethyl adjacent to an activating group) is 1. The molecule has 1 spiro atoms. The van der Waals surface area contributed by atoms with Gasteiger partial charge in [0.05, 0.1) is 48.3 Å². The molecule has 4 rings (SSSR count). The van der Waals surface area contributed by atoms with Crippen molar-refractivity contribution in [2.45, 2.75) is 62.9 Å². The first-order valence-electron chi connectivity index (χ1n) is 14.0. The number of aliphatic carboxylic acids is 3. The normalized spacial score (nSPS) is 17.2. The molecule has 1 aromatic heterocycles. The topological polar surface area (TPSA) is 198 Å². The molecule has 2 aromatic rings. The van der Waals surface area contributed by atoms with Crippen LogP contribution in [-0.4, -0.2) is 109 Å². The monoisotopic (exact) mass is 639 g/mol. The van der Waals surface area contributed by atoms with Crippen molar-refractivity contribution in [1.29, 1.82) is 0 Å². The quantitative estimate of drug-likeness (QED) is 0.225. The average molecular weight is 640 g/mol. The minimum atomic E-state index is -2.74. The number of carbonyl (C=O) groups is 4. The van der Waals surface area contributed by atoms with E-state index in [1.165, 1.54) is 17.4 Å². The number of piperidine rings is 1. The van der Waals surface area contributed by atoms with Crippen LogP contribution in [-0.2, 0) is 42.5 Å². The Balaban J connectivity index is 0.000000345. The summed E-state index contributed by atoms with van der Waals surface area (Å²) in [5, 5.41) is 45.5. The van der Waals surface area contributed by atoms with Gasteiger partial charge in [-0.2, -0.15) is 0 Å². The van der Waals surface area contributed by atoms with Gasteiger partial charge < -0.3 is 40.1 Å². The van der Waals surface area contributed by atoms with E-state index >= 15 is 0 Å². The van der Waals surface area contributed by atoms with E-state index in [1.807, 2.05) is 11.4 Å². The smallest absolute Gasteiger partial charge is 0.336 e. The second kappa shape index (κ2) is 15.0. The number of amides is 1. The molecule has 5 N–H and O–H groups in total. The molecule has 0 aliphatic carbocycles. The maximum atomic E-state index is 13.9. The molecule has 15 heteroatoms. The number of halogens is 1. The van der Waals surface area contributed by atoms with Gasteiger partial charge >= 0.3 is 17.9 Å². The second-order valence-corrected chi connectivity index (χ2v) is 12.0. The van der Waals surface area contributed by atoms with Crippen molar-refractivity contribution in [2.24, 2.45) is 5.92 Å². The fraction of sp³-hybridized carbons (Fsp3) is 0.552. The Kier molecular flexibility index (Phi) is 11.9. The number of hydrogen-bond donors (Lipinski definition) is 5. The van der Waals surface area contributed by atoms with Gasteiger partial charge in [0.2, 0.25) is 5.91 Å². The summed E-state index contributed by atoms with van der Waals surface area (Å²) < 4.78 is 20.0. The van der Waals surface area contributed by atoms with Crippen LogP contribution in [0, 0.1) is 11.7 Å². The number of carboxylic acids is 3. The van der Waals surface area contributed by atoms with E-state index in [2.05, 4.69) is 9.88 Å². The number of thiazole rings is 1. The van der Waals surface area contributed by atoms with Crippen molar-refractivity contribution >= 4 is 35.2 Å². The predicted octanol–water partition coefficient (Wildman–Crippen LogP) is 1.55. The maximum absolute atomic E-state index is 13.9. The van der Waals surface area contributed by atoms with Gasteiger partial charge in [0, 0.05) is 45.0 Å². The summed E-state index contributed by atoms with van der Waals surface area (Å²) in [7, 11) is 1.74. The number of rotatable bonds is 12. The summed E-state index contributed by atoms with van der Waals surface area (Å²) in [4.78, 5) is 51.9. The highest BCUT2D eigenvalue weighted by Gasteiger charge is 2.43. The van der Waals surface area contributed by atoms with Crippen LogP contribution in [0.1, 0.15) is 49.4 Å². The van der Waals surface area contributed by atoms with Crippen LogP contribution in [0.2, 0.25) is 0 Å². The summed E-state index contributed by atoms with van der Waals surface area (Å²) in [5.74, 6) is -5.44. The van der Waals surface area contributed by atoms with Crippen molar-refractivity contribution in [3.05, 3.63) is 51.7 Å². The van der Waals surface area contributed by atoms with E-state index in [0.29, 0.717) is 26.1 Å². The van der Waals surface area contributed by atoms with Gasteiger partial charge in [0.15, 0.2) is 5.60 Å². The molecule has 3 heterocycles. The molecular weight excluding hydrogens is 601 g/mol. The minimum Gasteiger partial charge on any atom is -0.481 e. The first-order chi connectivity index (χ1) is 20.6. The molecule has 44 heavy (non-hydrogen) atoms. The third-order valence-corrected chi connectivity index (χ3v) is 8.33. The molecule has 1 unspecified atom stereocenters. The molecule has 2 atom stereocenters. The van der Waals surface area contributed by atoms with Gasteiger partial charge in [-0.1, -0.05) is 6.07 Å². The van der Waals surface area contributed by atoms with E-state index < -0.39 is 48.1 Å². The molecular formula is C29H38FN3O10S. The van der Waals surface area contributed by atoms with Gasteiger partial charge in [0.25, 0.3) is 0 Å². The third-order valence-electron chi connectivity index (χ3n) is 7.70. The number of hydrogen-bond acceptors (Lipinski definition) is 10. The molecule has 0 saturated carbocycles. The lowest BCUT2D eigenvalue weighted by Crippen LogP contribution is -2.47. The number of carbonyl (C=O) groups excluding carboxylic acids is 1. The molecule has 2 aliphatic heterocycles. The molecule has 1 saturated heterocycles. The van der Waals surface area contributed by atoms with E-state index in [9.17, 15) is 28.7 Å². The Morgan fingerprint density at radius 1 is 1.16 bits per heavy atom. The number of nitrogens with zero attached hydrogens (tertiary/aromatic N) is 3. The number of carboxylic acid groups (broad SMARTS) is 3. The molecule has 1 amide bonds. The summed E-state index contributed by atoms with van der Waals surface area (Å²) in [6.45, 7) is 4.74. The summed E-state index contributed by atoms with van der Waals surface area (Å²) in [6.07, 6.45) is -0.708. The van der Waals surface area contributed by atoms with Crippen LogP contribution in [0.4, 0.5) is 4.39 Å². The van der Waals surface area contributed by atoms with Crippen LogP contribution < -0.4 is 0 Å². The van der Waals surface area contributed by atoms with E-state index in [-0.39, 0.29) is 17.6 Å². The Hall–Kier alpha value is -3.50. The average Bonchev–Trinajstić information content (AvgIpc) is 3.56. The van der Waals surface area contributed by atoms with Crippen LogP contribution >= 0.6 is 11.3 Å². The number of benzene rings is 1. The zero-order valence-electron chi connectivity index (χ0n) is 24.5. The van der Waals surface area contributed by atoms with Crippen molar-refractivity contribution in [3.63, 3.8) is 0 Å². The van der Waals surface area contributed by atoms with Crippen LogP contribution in [0.25, 0.3) is 0 Å². The van der Waals surface area contributed by atoms with Crippen molar-refractivity contribution in [2.75, 3.05) is 33.2 Å². The van der Waals surface area contributed by atoms with Crippen LogP contribution in [0.3, 0.4) is 0 Å². The molecule has 0 radical (unpaired) electrons. The minimum absolute atomic E-state index is 0.0266. The third kappa shape index (κ3) is 9.25. The zero-order chi connectivity index (χ0) is 32.7. The molecule has 0 bridgehead atoms. The van der Waals surface area contributed by atoms with Crippen molar-refractivity contribution in [3.8, 4) is 0 Å². The Morgan fingerprint density at radius 3 is 2.32 bits per heavy atom. The lowest BCUT2D eigenvalue weighted by atomic mass is 9.83. The van der Waals surface area contributed by atoms with E-state index in [1.54, 1.807) is 30.4 Å². The molecule has 1 fully saturated rings. The number of ether oxygens (including phenoxy) is 1. The van der Waals surface area contributed by atoms with E-state index in [0.717, 1.165) is 42.8 Å². The SMILES string of the molecule is C[C@H](O)CN(C)C(=O)C(Cc1cscn1)CN1CCC2(CC1)OCc1ccc(F)cc12.O=C(O)CC(O)(CC(=O)O)C(=O)O. The first-order valence-corrected chi connectivity index (χ1v) is 14.9. The highest BCUT2D eigenvalue weighted by atomic mass is 32.1.